The van der Waals surface area contributed by atoms with Crippen molar-refractivity contribution < 1.29 is 8.91 Å². The van der Waals surface area contributed by atoms with Crippen molar-refractivity contribution in [3.8, 4) is 22.2 Å². The quantitative estimate of drug-likeness (QED) is 0.535. The van der Waals surface area contributed by atoms with Crippen molar-refractivity contribution in [3.63, 3.8) is 0 Å². The van der Waals surface area contributed by atoms with Crippen molar-refractivity contribution in [3.05, 3.63) is 58.7 Å². The van der Waals surface area contributed by atoms with Crippen molar-refractivity contribution in [1.29, 1.82) is 0 Å². The molecule has 0 bridgehead atoms. The van der Waals surface area contributed by atoms with E-state index in [4.69, 9.17) is 4.52 Å². The number of aromatic nitrogens is 5. The molecule has 3 aromatic heterocycles. The van der Waals surface area contributed by atoms with E-state index in [-0.39, 0.29) is 11.7 Å². The molecule has 0 amide bonds. The lowest BCUT2D eigenvalue weighted by Gasteiger charge is -2.06. The first-order valence-corrected chi connectivity index (χ1v) is 9.15. The van der Waals surface area contributed by atoms with Crippen LogP contribution < -0.4 is 0 Å². The first-order valence-electron chi connectivity index (χ1n) is 7.75. The molecular formula is C17H14FN5OS2. The van der Waals surface area contributed by atoms with Crippen LogP contribution in [-0.4, -0.2) is 24.9 Å². The van der Waals surface area contributed by atoms with Gasteiger partial charge in [-0.2, -0.15) is 17.6 Å². The fourth-order valence-corrected chi connectivity index (χ4v) is 3.71. The number of rotatable bonds is 4. The zero-order chi connectivity index (χ0) is 18.3. The minimum Gasteiger partial charge on any atom is -0.334 e. The minimum atomic E-state index is -0.520. The van der Waals surface area contributed by atoms with Crippen molar-refractivity contribution in [2.24, 2.45) is 7.05 Å². The zero-order valence-electron chi connectivity index (χ0n) is 13.9. The van der Waals surface area contributed by atoms with Gasteiger partial charge in [-0.3, -0.25) is 0 Å². The van der Waals surface area contributed by atoms with Gasteiger partial charge in [-0.05, 0) is 42.1 Å². The summed E-state index contributed by atoms with van der Waals surface area (Å²) in [6.45, 7) is 1.80. The summed E-state index contributed by atoms with van der Waals surface area (Å²) < 4.78 is 20.8. The number of thiophene rings is 1. The third-order valence-corrected chi connectivity index (χ3v) is 5.20. The Balaban J connectivity index is 1.66. The molecule has 0 saturated heterocycles. The van der Waals surface area contributed by atoms with Gasteiger partial charge in [-0.25, -0.2) is 4.39 Å². The average molecular weight is 387 g/mol. The van der Waals surface area contributed by atoms with Crippen LogP contribution in [0.2, 0.25) is 0 Å². The Kier molecular flexibility index (Phi) is 4.33. The normalized spacial score (nSPS) is 12.5. The van der Waals surface area contributed by atoms with Gasteiger partial charge < -0.3 is 9.09 Å². The number of aryl methyl sites for hydroxylation is 1. The zero-order valence-corrected chi connectivity index (χ0v) is 15.6. The van der Waals surface area contributed by atoms with E-state index in [9.17, 15) is 4.39 Å². The van der Waals surface area contributed by atoms with E-state index < -0.39 is 5.25 Å². The SMILES string of the molecule is Cc1cc(F)cc(-c2nc(C(S)c3nnc(-c4cccs4)n3C)no2)c1. The molecule has 4 aromatic rings. The summed E-state index contributed by atoms with van der Waals surface area (Å²) in [5, 5.41) is 13.9. The Labute approximate surface area is 158 Å². The highest BCUT2D eigenvalue weighted by atomic mass is 32.1. The van der Waals surface area contributed by atoms with E-state index in [2.05, 4.69) is 33.0 Å². The Morgan fingerprint density at radius 1 is 1.27 bits per heavy atom. The van der Waals surface area contributed by atoms with Crippen LogP contribution in [0.5, 0.6) is 0 Å². The number of nitrogens with zero attached hydrogens (tertiary/aromatic N) is 5. The van der Waals surface area contributed by atoms with Gasteiger partial charge >= 0.3 is 0 Å². The maximum atomic E-state index is 13.6. The molecule has 0 aliphatic carbocycles. The molecule has 0 spiro atoms. The first-order chi connectivity index (χ1) is 12.5. The summed E-state index contributed by atoms with van der Waals surface area (Å²) >= 11 is 6.16. The second-order valence-electron chi connectivity index (χ2n) is 5.80. The average Bonchev–Trinajstić information content (AvgIpc) is 3.34. The molecule has 26 heavy (non-hydrogen) atoms. The maximum absolute atomic E-state index is 13.6. The molecule has 0 fully saturated rings. The van der Waals surface area contributed by atoms with Crippen molar-refractivity contribution >= 4 is 24.0 Å². The Morgan fingerprint density at radius 2 is 2.12 bits per heavy atom. The van der Waals surface area contributed by atoms with Gasteiger partial charge in [0, 0.05) is 12.6 Å². The topological polar surface area (TPSA) is 69.6 Å². The summed E-state index contributed by atoms with van der Waals surface area (Å²) in [5.74, 6) is 1.58. The number of hydrogen-bond acceptors (Lipinski definition) is 7. The number of thiol groups is 1. The molecule has 0 aliphatic heterocycles. The van der Waals surface area contributed by atoms with Gasteiger partial charge in [0.2, 0.25) is 0 Å². The Bertz CT molecular complexity index is 1040. The van der Waals surface area contributed by atoms with Crippen LogP contribution in [0.4, 0.5) is 4.39 Å². The molecule has 1 unspecified atom stereocenters. The predicted molar refractivity (Wildman–Crippen MR) is 99.6 cm³/mol. The van der Waals surface area contributed by atoms with E-state index in [0.29, 0.717) is 17.2 Å². The maximum Gasteiger partial charge on any atom is 0.258 e. The van der Waals surface area contributed by atoms with E-state index in [1.54, 1.807) is 24.3 Å². The van der Waals surface area contributed by atoms with Gasteiger partial charge in [-0.15, -0.1) is 21.5 Å². The lowest BCUT2D eigenvalue weighted by Crippen LogP contribution is -2.05. The highest BCUT2D eigenvalue weighted by Gasteiger charge is 2.24. The molecular weight excluding hydrogens is 373 g/mol. The smallest absolute Gasteiger partial charge is 0.258 e. The molecule has 3 heterocycles. The molecule has 1 aromatic carbocycles. The third-order valence-electron chi connectivity index (χ3n) is 3.87. The summed E-state index contributed by atoms with van der Waals surface area (Å²) in [4.78, 5) is 5.36. The number of hydrogen-bond donors (Lipinski definition) is 1. The van der Waals surface area contributed by atoms with Crippen LogP contribution in [0.15, 0.2) is 40.2 Å². The van der Waals surface area contributed by atoms with Gasteiger partial charge in [0.25, 0.3) is 5.89 Å². The van der Waals surface area contributed by atoms with Gasteiger partial charge in [0.05, 0.1) is 4.88 Å². The third kappa shape index (κ3) is 3.04. The summed E-state index contributed by atoms with van der Waals surface area (Å²) in [5.41, 5.74) is 1.30. The summed E-state index contributed by atoms with van der Waals surface area (Å²) in [6.07, 6.45) is 0. The van der Waals surface area contributed by atoms with E-state index in [1.807, 2.05) is 29.1 Å². The van der Waals surface area contributed by atoms with Gasteiger partial charge in [0.1, 0.15) is 11.1 Å². The van der Waals surface area contributed by atoms with E-state index in [0.717, 1.165) is 16.3 Å². The minimum absolute atomic E-state index is 0.238. The molecule has 1 atom stereocenters. The lowest BCUT2D eigenvalue weighted by molar-refractivity contribution is 0.422. The predicted octanol–water partition coefficient (Wildman–Crippen LogP) is 4.06. The summed E-state index contributed by atoms with van der Waals surface area (Å²) in [7, 11) is 1.87. The molecule has 0 aliphatic rings. The van der Waals surface area contributed by atoms with Crippen molar-refractivity contribution in [1.82, 2.24) is 24.9 Å². The van der Waals surface area contributed by atoms with E-state index in [1.165, 1.54) is 12.1 Å². The largest absolute Gasteiger partial charge is 0.334 e. The van der Waals surface area contributed by atoms with Crippen LogP contribution >= 0.6 is 24.0 Å². The van der Waals surface area contributed by atoms with Crippen molar-refractivity contribution in [2.75, 3.05) is 0 Å². The van der Waals surface area contributed by atoms with Crippen LogP contribution in [0.3, 0.4) is 0 Å². The summed E-state index contributed by atoms with van der Waals surface area (Å²) in [6, 6.07) is 8.51. The molecule has 9 heteroatoms. The second-order valence-corrected chi connectivity index (χ2v) is 7.26. The second kappa shape index (κ2) is 6.65. The van der Waals surface area contributed by atoms with Crippen LogP contribution in [0.25, 0.3) is 22.2 Å². The van der Waals surface area contributed by atoms with Crippen LogP contribution in [0, 0.1) is 12.7 Å². The fourth-order valence-electron chi connectivity index (χ4n) is 2.64. The van der Waals surface area contributed by atoms with Crippen LogP contribution in [0.1, 0.15) is 22.5 Å². The molecule has 0 saturated carbocycles. The monoisotopic (exact) mass is 387 g/mol. The van der Waals surface area contributed by atoms with Crippen LogP contribution in [-0.2, 0) is 7.05 Å². The highest BCUT2D eigenvalue weighted by Crippen LogP contribution is 2.30. The van der Waals surface area contributed by atoms with E-state index >= 15 is 0 Å². The highest BCUT2D eigenvalue weighted by molar-refractivity contribution is 7.80. The molecule has 132 valence electrons. The van der Waals surface area contributed by atoms with Crippen molar-refractivity contribution in [2.45, 2.75) is 12.2 Å². The standard InChI is InChI=1S/C17H14FN5OS2/c1-9-6-10(8-11(18)7-9)17-19-14(22-24-17)13(25)16-21-20-15(23(16)2)12-4-3-5-26-12/h3-8,13,25H,1-2H3. The first kappa shape index (κ1) is 16.9. The Morgan fingerprint density at radius 3 is 2.85 bits per heavy atom. The molecule has 0 radical (unpaired) electrons. The lowest BCUT2D eigenvalue weighted by atomic mass is 10.1. The Hall–Kier alpha value is -2.52. The molecule has 4 rings (SSSR count). The van der Waals surface area contributed by atoms with Gasteiger partial charge in [-0.1, -0.05) is 11.2 Å². The van der Waals surface area contributed by atoms with Gasteiger partial charge in [0.15, 0.2) is 17.5 Å². The number of benzene rings is 1. The number of halogens is 1. The molecule has 6 nitrogen and oxygen atoms in total. The molecule has 0 N–H and O–H groups in total. The fraction of sp³-hybridized carbons (Fsp3) is 0.176.